The van der Waals surface area contributed by atoms with Gasteiger partial charge in [0.05, 0.1) is 24.8 Å². The average molecular weight is 284 g/mol. The fourth-order valence-electron chi connectivity index (χ4n) is 2.27. The smallest absolute Gasteiger partial charge is 0.311 e. The SMILES string of the molecule is CCOC(=O)Cc1csc(NC2CCC(OC)C2)n1. The topological polar surface area (TPSA) is 60.5 Å². The van der Waals surface area contributed by atoms with Crippen LogP contribution in [0.5, 0.6) is 0 Å². The zero-order valence-corrected chi connectivity index (χ0v) is 12.2. The second-order valence-corrected chi connectivity index (χ2v) is 5.50. The van der Waals surface area contributed by atoms with Crippen LogP contribution in [0, 0.1) is 0 Å². The van der Waals surface area contributed by atoms with Crippen molar-refractivity contribution < 1.29 is 14.3 Å². The third-order valence-corrected chi connectivity index (χ3v) is 4.05. The van der Waals surface area contributed by atoms with E-state index in [2.05, 4.69) is 10.3 Å². The third-order valence-electron chi connectivity index (χ3n) is 3.23. The van der Waals surface area contributed by atoms with E-state index in [0.29, 0.717) is 18.8 Å². The number of thiazole rings is 1. The van der Waals surface area contributed by atoms with Crippen molar-refractivity contribution in [2.45, 2.75) is 44.8 Å². The Bertz CT molecular complexity index is 422. The van der Waals surface area contributed by atoms with E-state index in [0.717, 1.165) is 30.1 Å². The predicted octanol–water partition coefficient (Wildman–Crippen LogP) is 2.23. The lowest BCUT2D eigenvalue weighted by Crippen LogP contribution is -2.17. The van der Waals surface area contributed by atoms with Crippen LogP contribution in [-0.2, 0) is 20.7 Å². The Balaban J connectivity index is 1.82. The van der Waals surface area contributed by atoms with Gasteiger partial charge in [-0.15, -0.1) is 11.3 Å². The number of methoxy groups -OCH3 is 1. The predicted molar refractivity (Wildman–Crippen MR) is 74.5 cm³/mol. The number of carbonyl (C=O) groups is 1. The van der Waals surface area contributed by atoms with Crippen LogP contribution < -0.4 is 5.32 Å². The van der Waals surface area contributed by atoms with E-state index in [1.54, 1.807) is 14.0 Å². The number of hydrogen-bond donors (Lipinski definition) is 1. The number of rotatable bonds is 6. The Kier molecular flexibility index (Phi) is 5.15. The molecule has 106 valence electrons. The zero-order chi connectivity index (χ0) is 13.7. The molecule has 0 radical (unpaired) electrons. The number of nitrogens with one attached hydrogen (secondary N) is 1. The van der Waals surface area contributed by atoms with Crippen molar-refractivity contribution in [1.29, 1.82) is 0 Å². The fourth-order valence-corrected chi connectivity index (χ4v) is 3.06. The van der Waals surface area contributed by atoms with Gasteiger partial charge in [-0.25, -0.2) is 4.98 Å². The molecule has 19 heavy (non-hydrogen) atoms. The van der Waals surface area contributed by atoms with Gasteiger partial charge in [0.25, 0.3) is 0 Å². The molecule has 1 aliphatic carbocycles. The van der Waals surface area contributed by atoms with E-state index in [1.807, 2.05) is 5.38 Å². The first kappa shape index (κ1) is 14.3. The van der Waals surface area contributed by atoms with Crippen LogP contribution in [0.1, 0.15) is 31.9 Å². The molecule has 1 aromatic rings. The van der Waals surface area contributed by atoms with Gasteiger partial charge in [-0.05, 0) is 26.2 Å². The highest BCUT2D eigenvalue weighted by Gasteiger charge is 2.24. The molecule has 1 aliphatic rings. The minimum Gasteiger partial charge on any atom is -0.466 e. The van der Waals surface area contributed by atoms with Crippen LogP contribution in [0.25, 0.3) is 0 Å². The fraction of sp³-hybridized carbons (Fsp3) is 0.692. The van der Waals surface area contributed by atoms with Gasteiger partial charge in [0.2, 0.25) is 0 Å². The minimum atomic E-state index is -0.223. The highest BCUT2D eigenvalue weighted by molar-refractivity contribution is 7.13. The average Bonchev–Trinajstić information content (AvgIpc) is 2.99. The van der Waals surface area contributed by atoms with Crippen LogP contribution >= 0.6 is 11.3 Å². The number of ether oxygens (including phenoxy) is 2. The lowest BCUT2D eigenvalue weighted by atomic mass is 10.2. The van der Waals surface area contributed by atoms with Crippen molar-refractivity contribution in [1.82, 2.24) is 4.98 Å². The Hall–Kier alpha value is -1.14. The molecule has 0 saturated heterocycles. The molecule has 0 bridgehead atoms. The monoisotopic (exact) mass is 284 g/mol. The zero-order valence-electron chi connectivity index (χ0n) is 11.3. The highest BCUT2D eigenvalue weighted by atomic mass is 32.1. The molecule has 0 amide bonds. The van der Waals surface area contributed by atoms with Crippen LogP contribution in [-0.4, -0.2) is 36.8 Å². The number of nitrogens with zero attached hydrogens (tertiary/aromatic N) is 1. The Morgan fingerprint density at radius 1 is 1.58 bits per heavy atom. The molecule has 1 N–H and O–H groups in total. The summed E-state index contributed by atoms with van der Waals surface area (Å²) in [6.07, 6.45) is 3.82. The van der Waals surface area contributed by atoms with Crippen LogP contribution in [0.3, 0.4) is 0 Å². The van der Waals surface area contributed by atoms with E-state index >= 15 is 0 Å². The second-order valence-electron chi connectivity index (χ2n) is 4.64. The van der Waals surface area contributed by atoms with Crippen molar-refractivity contribution in [2.24, 2.45) is 0 Å². The van der Waals surface area contributed by atoms with E-state index < -0.39 is 0 Å². The van der Waals surface area contributed by atoms with Gasteiger partial charge >= 0.3 is 5.97 Å². The third kappa shape index (κ3) is 4.18. The first-order valence-electron chi connectivity index (χ1n) is 6.60. The standard InChI is InChI=1S/C13H20N2O3S/c1-3-18-12(16)7-10-8-19-13(15-10)14-9-4-5-11(6-9)17-2/h8-9,11H,3-7H2,1-2H3,(H,14,15). The van der Waals surface area contributed by atoms with Gasteiger partial charge in [0, 0.05) is 18.5 Å². The Labute approximate surface area is 117 Å². The maximum absolute atomic E-state index is 11.4. The molecule has 1 aromatic heterocycles. The van der Waals surface area contributed by atoms with Gasteiger partial charge in [0.1, 0.15) is 0 Å². The Morgan fingerprint density at radius 2 is 2.42 bits per heavy atom. The summed E-state index contributed by atoms with van der Waals surface area (Å²) in [5, 5.41) is 6.19. The molecule has 5 nitrogen and oxygen atoms in total. The number of carbonyl (C=O) groups excluding carboxylic acids is 1. The van der Waals surface area contributed by atoms with Gasteiger partial charge in [-0.1, -0.05) is 0 Å². The molecule has 0 aromatic carbocycles. The van der Waals surface area contributed by atoms with Crippen LogP contribution in [0.15, 0.2) is 5.38 Å². The molecular weight excluding hydrogens is 264 g/mol. The van der Waals surface area contributed by atoms with Crippen molar-refractivity contribution in [3.63, 3.8) is 0 Å². The highest BCUT2D eigenvalue weighted by Crippen LogP contribution is 2.26. The largest absolute Gasteiger partial charge is 0.466 e. The molecular formula is C13H20N2O3S. The molecule has 0 aliphatic heterocycles. The van der Waals surface area contributed by atoms with Gasteiger partial charge in [0.15, 0.2) is 5.13 Å². The maximum atomic E-state index is 11.4. The lowest BCUT2D eigenvalue weighted by Gasteiger charge is -2.11. The van der Waals surface area contributed by atoms with Crippen molar-refractivity contribution in [3.8, 4) is 0 Å². The first-order valence-corrected chi connectivity index (χ1v) is 7.48. The quantitative estimate of drug-likeness (QED) is 0.812. The summed E-state index contributed by atoms with van der Waals surface area (Å²) >= 11 is 1.53. The lowest BCUT2D eigenvalue weighted by molar-refractivity contribution is -0.142. The molecule has 1 heterocycles. The van der Waals surface area contributed by atoms with Gasteiger partial charge in [-0.3, -0.25) is 4.79 Å². The molecule has 2 rings (SSSR count). The number of aromatic nitrogens is 1. The molecule has 0 spiro atoms. The van der Waals surface area contributed by atoms with E-state index in [1.165, 1.54) is 11.3 Å². The first-order chi connectivity index (χ1) is 9.21. The van der Waals surface area contributed by atoms with Crippen molar-refractivity contribution in [2.75, 3.05) is 19.0 Å². The summed E-state index contributed by atoms with van der Waals surface area (Å²) in [7, 11) is 1.76. The van der Waals surface area contributed by atoms with Gasteiger partial charge in [-0.2, -0.15) is 0 Å². The van der Waals surface area contributed by atoms with Gasteiger partial charge < -0.3 is 14.8 Å². The molecule has 2 atom stereocenters. The second kappa shape index (κ2) is 6.86. The summed E-state index contributed by atoms with van der Waals surface area (Å²) in [6.45, 7) is 2.22. The van der Waals surface area contributed by atoms with Crippen LogP contribution in [0.4, 0.5) is 5.13 Å². The summed E-state index contributed by atoms with van der Waals surface area (Å²) < 4.78 is 10.3. The van der Waals surface area contributed by atoms with E-state index in [-0.39, 0.29) is 12.4 Å². The summed E-state index contributed by atoms with van der Waals surface area (Å²) in [6, 6.07) is 0.423. The maximum Gasteiger partial charge on any atom is 0.311 e. The summed E-state index contributed by atoms with van der Waals surface area (Å²) in [5.74, 6) is -0.223. The number of hydrogen-bond acceptors (Lipinski definition) is 6. The molecule has 1 fully saturated rings. The number of anilines is 1. The normalized spacial score (nSPS) is 22.4. The Morgan fingerprint density at radius 3 is 3.11 bits per heavy atom. The van der Waals surface area contributed by atoms with Crippen molar-refractivity contribution >= 4 is 22.4 Å². The molecule has 6 heteroatoms. The summed E-state index contributed by atoms with van der Waals surface area (Å²) in [5.41, 5.74) is 0.771. The minimum absolute atomic E-state index is 0.223. The number of esters is 1. The van der Waals surface area contributed by atoms with Crippen molar-refractivity contribution in [3.05, 3.63) is 11.1 Å². The molecule has 2 unspecified atom stereocenters. The van der Waals surface area contributed by atoms with E-state index in [4.69, 9.17) is 9.47 Å². The summed E-state index contributed by atoms with van der Waals surface area (Å²) in [4.78, 5) is 15.8. The van der Waals surface area contributed by atoms with E-state index in [9.17, 15) is 4.79 Å². The van der Waals surface area contributed by atoms with Crippen LogP contribution in [0.2, 0.25) is 0 Å². The molecule has 1 saturated carbocycles.